The van der Waals surface area contributed by atoms with Gasteiger partial charge >= 0.3 is 6.18 Å². The number of anilines is 1. The third kappa shape index (κ3) is 2.56. The summed E-state index contributed by atoms with van der Waals surface area (Å²) in [6.45, 7) is 1.88. The highest BCUT2D eigenvalue weighted by atomic mass is 19.4. The minimum atomic E-state index is -4.92. The van der Waals surface area contributed by atoms with E-state index < -0.39 is 29.5 Å². The number of nitrogens with one attached hydrogen (secondary N) is 2. The largest absolute Gasteiger partial charge is 0.418 e. The van der Waals surface area contributed by atoms with Gasteiger partial charge in [0.05, 0.1) is 23.7 Å². The molecule has 0 bridgehead atoms. The van der Waals surface area contributed by atoms with Crippen molar-refractivity contribution in [2.24, 2.45) is 0 Å². The number of nitrogens with zero attached hydrogens (tertiary/aromatic N) is 2. The average molecular weight is 324 g/mol. The fraction of sp³-hybridized carbons (Fsp3) is 0.583. The molecule has 0 spiro atoms. The topological polar surface area (TPSA) is 49.4 Å². The predicted molar refractivity (Wildman–Crippen MR) is 66.8 cm³/mol. The molecule has 122 valence electrons. The SMILES string of the molecule is FC(F)c1c(C(F)(F)F)cnc2c1ONC[C@H]1CNCCN21. The normalized spacial score (nSPS) is 21.9. The number of rotatable bonds is 1. The van der Waals surface area contributed by atoms with Crippen LogP contribution in [0.4, 0.5) is 27.8 Å². The molecule has 1 atom stereocenters. The summed E-state index contributed by atoms with van der Waals surface area (Å²) in [5.41, 5.74) is -0.198. The van der Waals surface area contributed by atoms with Crippen molar-refractivity contribution in [3.63, 3.8) is 0 Å². The van der Waals surface area contributed by atoms with Crippen LogP contribution in [0, 0.1) is 0 Å². The maximum Gasteiger partial charge on any atom is 0.418 e. The fourth-order valence-electron chi connectivity index (χ4n) is 2.68. The lowest BCUT2D eigenvalue weighted by Gasteiger charge is -2.35. The number of halogens is 5. The molecule has 0 amide bonds. The maximum atomic E-state index is 13.2. The van der Waals surface area contributed by atoms with E-state index in [1.165, 1.54) is 0 Å². The Morgan fingerprint density at radius 2 is 2.09 bits per heavy atom. The molecule has 3 rings (SSSR count). The third-order valence-corrected chi connectivity index (χ3v) is 3.69. The van der Waals surface area contributed by atoms with Crippen molar-refractivity contribution in [3.8, 4) is 5.75 Å². The van der Waals surface area contributed by atoms with Gasteiger partial charge < -0.3 is 15.1 Å². The standard InChI is InChI=1S/C12H13F5N4O/c13-10(14)8-7(12(15,16)17)5-19-11-9(8)22-20-4-6-3-18-1-2-21(6)11/h5-6,10,18,20H,1-4H2/t6-/m1/s1. The van der Waals surface area contributed by atoms with E-state index >= 15 is 0 Å². The van der Waals surface area contributed by atoms with Gasteiger partial charge in [-0.1, -0.05) is 0 Å². The highest BCUT2D eigenvalue weighted by Crippen LogP contribution is 2.45. The molecule has 5 nitrogen and oxygen atoms in total. The summed E-state index contributed by atoms with van der Waals surface area (Å²) in [5, 5.41) is 3.12. The molecule has 1 fully saturated rings. The van der Waals surface area contributed by atoms with Crippen molar-refractivity contribution in [1.82, 2.24) is 15.8 Å². The molecule has 1 aromatic heterocycles. The Morgan fingerprint density at radius 3 is 2.77 bits per heavy atom. The summed E-state index contributed by atoms with van der Waals surface area (Å²) in [6.07, 6.45) is -7.80. The molecule has 10 heteroatoms. The van der Waals surface area contributed by atoms with E-state index in [-0.39, 0.29) is 18.4 Å². The van der Waals surface area contributed by atoms with Gasteiger partial charge in [-0.05, 0) is 0 Å². The summed E-state index contributed by atoms with van der Waals surface area (Å²) < 4.78 is 65.3. The van der Waals surface area contributed by atoms with E-state index in [0.29, 0.717) is 25.8 Å². The van der Waals surface area contributed by atoms with Gasteiger partial charge in [0, 0.05) is 25.8 Å². The Labute approximate surface area is 122 Å². The van der Waals surface area contributed by atoms with Crippen LogP contribution in [0.2, 0.25) is 0 Å². The van der Waals surface area contributed by atoms with Crippen LogP contribution >= 0.6 is 0 Å². The molecular weight excluding hydrogens is 311 g/mol. The molecule has 3 heterocycles. The lowest BCUT2D eigenvalue weighted by Crippen LogP contribution is -2.54. The van der Waals surface area contributed by atoms with E-state index in [4.69, 9.17) is 4.84 Å². The van der Waals surface area contributed by atoms with Gasteiger partial charge in [0.2, 0.25) is 0 Å². The molecule has 0 saturated carbocycles. The Morgan fingerprint density at radius 1 is 1.32 bits per heavy atom. The van der Waals surface area contributed by atoms with Gasteiger partial charge in [-0.15, -0.1) is 0 Å². The predicted octanol–water partition coefficient (Wildman–Crippen LogP) is 1.71. The Balaban J connectivity index is 2.15. The lowest BCUT2D eigenvalue weighted by atomic mass is 10.1. The highest BCUT2D eigenvalue weighted by Gasteiger charge is 2.41. The molecule has 1 saturated heterocycles. The minimum absolute atomic E-state index is 0.0137. The molecular formula is C12H13F5N4O. The summed E-state index contributed by atoms with van der Waals surface area (Å²) in [5.74, 6) is -0.533. The highest BCUT2D eigenvalue weighted by molar-refractivity contribution is 5.61. The smallest absolute Gasteiger partial charge is 0.404 e. The minimum Gasteiger partial charge on any atom is -0.404 e. The molecule has 2 N–H and O–H groups in total. The summed E-state index contributed by atoms with van der Waals surface area (Å²) in [7, 11) is 0. The number of alkyl halides is 5. The van der Waals surface area contributed by atoms with Gasteiger partial charge in [-0.2, -0.15) is 18.7 Å². The molecule has 1 aromatic rings. The van der Waals surface area contributed by atoms with Crippen molar-refractivity contribution < 1.29 is 26.8 Å². The van der Waals surface area contributed by atoms with Gasteiger partial charge in [-0.3, -0.25) is 0 Å². The van der Waals surface area contributed by atoms with Crippen LogP contribution in [-0.2, 0) is 6.18 Å². The molecule has 0 unspecified atom stereocenters. The Hall–Kier alpha value is -1.68. The van der Waals surface area contributed by atoms with E-state index in [1.54, 1.807) is 4.90 Å². The molecule has 2 aliphatic rings. The second-order valence-electron chi connectivity index (χ2n) is 5.04. The van der Waals surface area contributed by atoms with Crippen molar-refractivity contribution in [2.45, 2.75) is 18.6 Å². The number of fused-ring (bicyclic) bond motifs is 3. The number of piperazine rings is 1. The number of hydrogen-bond donors (Lipinski definition) is 2. The van der Waals surface area contributed by atoms with Gasteiger partial charge in [-0.25, -0.2) is 13.8 Å². The molecule has 0 aliphatic carbocycles. The number of pyridine rings is 1. The zero-order valence-corrected chi connectivity index (χ0v) is 11.3. The first-order valence-electron chi connectivity index (χ1n) is 6.65. The maximum absolute atomic E-state index is 13.2. The second kappa shape index (κ2) is 5.51. The fourth-order valence-corrected chi connectivity index (χ4v) is 2.68. The zero-order valence-electron chi connectivity index (χ0n) is 11.3. The van der Waals surface area contributed by atoms with Crippen molar-refractivity contribution in [1.29, 1.82) is 0 Å². The number of aromatic nitrogens is 1. The lowest BCUT2D eigenvalue weighted by molar-refractivity contribution is -0.140. The van der Waals surface area contributed by atoms with Crippen molar-refractivity contribution in [3.05, 3.63) is 17.3 Å². The van der Waals surface area contributed by atoms with Gasteiger partial charge in [0.25, 0.3) is 6.43 Å². The van der Waals surface area contributed by atoms with Crippen molar-refractivity contribution >= 4 is 5.82 Å². The molecule has 0 radical (unpaired) electrons. The second-order valence-corrected chi connectivity index (χ2v) is 5.04. The van der Waals surface area contributed by atoms with E-state index in [2.05, 4.69) is 15.8 Å². The first kappa shape index (κ1) is 15.2. The number of hydroxylamine groups is 1. The van der Waals surface area contributed by atoms with E-state index in [9.17, 15) is 22.0 Å². The van der Waals surface area contributed by atoms with Crippen LogP contribution in [0.25, 0.3) is 0 Å². The quantitative estimate of drug-likeness (QED) is 0.771. The molecule has 0 aromatic carbocycles. The van der Waals surface area contributed by atoms with Crippen LogP contribution < -0.4 is 20.5 Å². The van der Waals surface area contributed by atoms with Gasteiger partial charge in [0.15, 0.2) is 11.6 Å². The average Bonchev–Trinajstić information content (AvgIpc) is 2.64. The summed E-state index contributed by atoms with van der Waals surface area (Å²) >= 11 is 0. The van der Waals surface area contributed by atoms with Crippen molar-refractivity contribution in [2.75, 3.05) is 31.1 Å². The summed E-state index contributed by atoms with van der Waals surface area (Å²) in [6, 6.07) is -0.134. The van der Waals surface area contributed by atoms with E-state index in [0.717, 1.165) is 0 Å². The Kier molecular flexibility index (Phi) is 3.81. The van der Waals surface area contributed by atoms with E-state index in [1.807, 2.05) is 0 Å². The zero-order chi connectivity index (χ0) is 15.9. The van der Waals surface area contributed by atoms with Crippen LogP contribution in [0.15, 0.2) is 6.20 Å². The van der Waals surface area contributed by atoms with Gasteiger partial charge in [0.1, 0.15) is 0 Å². The van der Waals surface area contributed by atoms with Crippen LogP contribution in [0.1, 0.15) is 17.6 Å². The third-order valence-electron chi connectivity index (χ3n) is 3.69. The monoisotopic (exact) mass is 324 g/mol. The molecule has 22 heavy (non-hydrogen) atoms. The molecule has 2 aliphatic heterocycles. The first-order chi connectivity index (χ1) is 10.4. The van der Waals surface area contributed by atoms with Crippen LogP contribution in [-0.4, -0.2) is 37.2 Å². The van der Waals surface area contributed by atoms with Crippen LogP contribution in [0.5, 0.6) is 5.75 Å². The number of hydrogen-bond acceptors (Lipinski definition) is 5. The first-order valence-corrected chi connectivity index (χ1v) is 6.65. The van der Waals surface area contributed by atoms with Crippen LogP contribution in [0.3, 0.4) is 0 Å². The summed E-state index contributed by atoms with van der Waals surface area (Å²) in [4.78, 5) is 10.5. The Bertz CT molecular complexity index is 565.